The van der Waals surface area contributed by atoms with Crippen molar-refractivity contribution in [3.05, 3.63) is 16.9 Å². The number of halogens is 1. The highest BCUT2D eigenvalue weighted by Crippen LogP contribution is 2.14. The van der Waals surface area contributed by atoms with Crippen molar-refractivity contribution in [3.63, 3.8) is 0 Å². The van der Waals surface area contributed by atoms with Gasteiger partial charge in [-0.1, -0.05) is 6.92 Å². The monoisotopic (exact) mass is 355 g/mol. The van der Waals surface area contributed by atoms with E-state index in [0.29, 0.717) is 6.42 Å². The Labute approximate surface area is 134 Å². The van der Waals surface area contributed by atoms with Gasteiger partial charge in [-0.2, -0.15) is 0 Å². The minimum atomic E-state index is 0.222. The number of nitrogens with one attached hydrogen (secondary N) is 1. The van der Waals surface area contributed by atoms with Gasteiger partial charge in [0.15, 0.2) is 0 Å². The van der Waals surface area contributed by atoms with E-state index in [1.165, 1.54) is 0 Å². The van der Waals surface area contributed by atoms with E-state index in [1.54, 1.807) is 12.4 Å². The number of anilines is 1. The summed E-state index contributed by atoms with van der Waals surface area (Å²) in [5.74, 6) is 0.950. The molecule has 1 aromatic rings. The van der Waals surface area contributed by atoms with Gasteiger partial charge in [0.05, 0.1) is 4.47 Å². The molecular weight excluding hydrogens is 334 g/mol. The topological polar surface area (TPSA) is 61.4 Å². The molecule has 1 aliphatic rings. The van der Waals surface area contributed by atoms with Crippen molar-refractivity contribution in [1.29, 1.82) is 0 Å². The van der Waals surface area contributed by atoms with Crippen LogP contribution in [0.4, 0.5) is 5.95 Å². The first-order valence-electron chi connectivity index (χ1n) is 7.33. The molecule has 116 valence electrons. The van der Waals surface area contributed by atoms with Crippen molar-refractivity contribution in [3.8, 4) is 0 Å². The van der Waals surface area contributed by atoms with Crippen LogP contribution in [0.3, 0.4) is 0 Å². The van der Waals surface area contributed by atoms with Crippen LogP contribution in [0.2, 0.25) is 0 Å². The fraction of sp³-hybridized carbons (Fsp3) is 0.643. The van der Waals surface area contributed by atoms with Crippen molar-refractivity contribution in [1.82, 2.24) is 20.2 Å². The van der Waals surface area contributed by atoms with Gasteiger partial charge in [0.25, 0.3) is 0 Å². The average Bonchev–Trinajstić information content (AvgIpc) is 2.48. The molecule has 2 heterocycles. The molecule has 1 aliphatic heterocycles. The van der Waals surface area contributed by atoms with Gasteiger partial charge >= 0.3 is 0 Å². The fourth-order valence-electron chi connectivity index (χ4n) is 2.44. The summed E-state index contributed by atoms with van der Waals surface area (Å²) in [7, 11) is 0. The summed E-state index contributed by atoms with van der Waals surface area (Å²) in [6.07, 6.45) is 4.05. The van der Waals surface area contributed by atoms with E-state index in [9.17, 15) is 4.79 Å². The summed E-state index contributed by atoms with van der Waals surface area (Å²) in [5, 5.41) is 3.27. The van der Waals surface area contributed by atoms with Gasteiger partial charge in [-0.05, 0) is 29.4 Å². The van der Waals surface area contributed by atoms with Gasteiger partial charge in [-0.3, -0.25) is 4.79 Å². The lowest BCUT2D eigenvalue weighted by molar-refractivity contribution is -0.131. The molecule has 1 saturated heterocycles. The maximum absolute atomic E-state index is 12.2. The van der Waals surface area contributed by atoms with Crippen LogP contribution in [-0.4, -0.2) is 59.5 Å². The quantitative estimate of drug-likeness (QED) is 0.861. The summed E-state index contributed by atoms with van der Waals surface area (Å²) in [4.78, 5) is 24.8. The number of nitrogens with zero attached hydrogens (tertiary/aromatic N) is 4. The minimum absolute atomic E-state index is 0.222. The van der Waals surface area contributed by atoms with Crippen LogP contribution in [-0.2, 0) is 4.79 Å². The molecule has 2 rings (SSSR count). The molecule has 1 unspecified atom stereocenters. The number of piperazine rings is 1. The largest absolute Gasteiger partial charge is 0.339 e. The first-order chi connectivity index (χ1) is 10.1. The molecule has 1 N–H and O–H groups in total. The molecule has 6 nitrogen and oxygen atoms in total. The molecule has 1 atom stereocenters. The summed E-state index contributed by atoms with van der Waals surface area (Å²) in [6, 6.07) is 0.232. The first-order valence-corrected chi connectivity index (χ1v) is 8.13. The molecule has 1 aromatic heterocycles. The van der Waals surface area contributed by atoms with Crippen LogP contribution in [0.15, 0.2) is 16.9 Å². The first kappa shape index (κ1) is 16.2. The Hall–Kier alpha value is -1.21. The lowest BCUT2D eigenvalue weighted by Crippen LogP contribution is -2.50. The maximum atomic E-state index is 12.2. The van der Waals surface area contributed by atoms with E-state index in [4.69, 9.17) is 0 Å². The number of hydrogen-bond donors (Lipinski definition) is 1. The number of carbonyl (C=O) groups excluding carboxylic acids is 1. The molecule has 0 saturated carbocycles. The van der Waals surface area contributed by atoms with Crippen LogP contribution < -0.4 is 10.2 Å². The lowest BCUT2D eigenvalue weighted by Gasteiger charge is -2.35. The highest BCUT2D eigenvalue weighted by molar-refractivity contribution is 9.10. The van der Waals surface area contributed by atoms with Gasteiger partial charge < -0.3 is 15.1 Å². The average molecular weight is 356 g/mol. The van der Waals surface area contributed by atoms with Gasteiger partial charge in [0.1, 0.15) is 0 Å². The third-order valence-electron chi connectivity index (χ3n) is 3.56. The third-order valence-corrected chi connectivity index (χ3v) is 3.96. The SMILES string of the molecule is CCNC(C)CC(=O)N1CCN(c2ncc(Br)cn2)CC1. The highest BCUT2D eigenvalue weighted by atomic mass is 79.9. The van der Waals surface area contributed by atoms with Crippen molar-refractivity contribution in [2.24, 2.45) is 0 Å². The Kier molecular flexibility index (Phi) is 5.93. The zero-order valence-corrected chi connectivity index (χ0v) is 14.1. The number of amides is 1. The maximum Gasteiger partial charge on any atom is 0.225 e. The predicted molar refractivity (Wildman–Crippen MR) is 86.3 cm³/mol. The molecule has 0 aliphatic carbocycles. The normalized spacial score (nSPS) is 16.9. The number of carbonyl (C=O) groups is 1. The van der Waals surface area contributed by atoms with Gasteiger partial charge in [-0.25, -0.2) is 9.97 Å². The van der Waals surface area contributed by atoms with Crippen molar-refractivity contribution in [2.45, 2.75) is 26.3 Å². The van der Waals surface area contributed by atoms with Crippen LogP contribution >= 0.6 is 15.9 Å². The second-order valence-electron chi connectivity index (χ2n) is 5.23. The summed E-state index contributed by atoms with van der Waals surface area (Å²) >= 11 is 3.33. The van der Waals surface area contributed by atoms with Gasteiger partial charge in [-0.15, -0.1) is 0 Å². The van der Waals surface area contributed by atoms with E-state index >= 15 is 0 Å². The standard InChI is InChI=1S/C14H22BrN5O/c1-3-16-11(2)8-13(21)19-4-6-20(7-5-19)14-17-9-12(15)10-18-14/h9-11,16H,3-8H2,1-2H3. The lowest BCUT2D eigenvalue weighted by atomic mass is 10.2. The van der Waals surface area contributed by atoms with E-state index < -0.39 is 0 Å². The summed E-state index contributed by atoms with van der Waals surface area (Å²) in [6.45, 7) is 8.02. The second kappa shape index (κ2) is 7.70. The smallest absolute Gasteiger partial charge is 0.225 e. The molecule has 0 radical (unpaired) electrons. The Morgan fingerprint density at radius 1 is 1.33 bits per heavy atom. The molecule has 21 heavy (non-hydrogen) atoms. The molecule has 0 aromatic carbocycles. The number of rotatable bonds is 5. The van der Waals surface area contributed by atoms with E-state index in [-0.39, 0.29) is 11.9 Å². The molecule has 1 fully saturated rings. The van der Waals surface area contributed by atoms with Crippen LogP contribution in [0, 0.1) is 0 Å². The van der Waals surface area contributed by atoms with Crippen molar-refractivity contribution in [2.75, 3.05) is 37.6 Å². The van der Waals surface area contributed by atoms with Gasteiger partial charge in [0, 0.05) is 51.0 Å². The van der Waals surface area contributed by atoms with Crippen molar-refractivity contribution < 1.29 is 4.79 Å². The third kappa shape index (κ3) is 4.64. The van der Waals surface area contributed by atoms with Crippen molar-refractivity contribution >= 4 is 27.8 Å². The Balaban J connectivity index is 1.82. The fourth-order valence-corrected chi connectivity index (χ4v) is 2.64. The molecular formula is C14H22BrN5O. The zero-order chi connectivity index (χ0) is 15.2. The number of hydrogen-bond acceptors (Lipinski definition) is 5. The van der Waals surface area contributed by atoms with E-state index in [1.807, 2.05) is 11.8 Å². The van der Waals surface area contributed by atoms with Gasteiger partial charge in [0.2, 0.25) is 11.9 Å². The zero-order valence-electron chi connectivity index (χ0n) is 12.5. The minimum Gasteiger partial charge on any atom is -0.339 e. The van der Waals surface area contributed by atoms with E-state index in [2.05, 4.69) is 43.0 Å². The molecule has 7 heteroatoms. The Morgan fingerprint density at radius 3 is 2.52 bits per heavy atom. The van der Waals surface area contributed by atoms with Crippen LogP contribution in [0.25, 0.3) is 0 Å². The van der Waals surface area contributed by atoms with Crippen LogP contribution in [0.5, 0.6) is 0 Å². The Morgan fingerprint density at radius 2 is 1.95 bits per heavy atom. The summed E-state index contributed by atoms with van der Waals surface area (Å²) < 4.78 is 0.873. The highest BCUT2D eigenvalue weighted by Gasteiger charge is 2.23. The second-order valence-corrected chi connectivity index (χ2v) is 6.15. The van der Waals surface area contributed by atoms with Crippen LogP contribution in [0.1, 0.15) is 20.3 Å². The van der Waals surface area contributed by atoms with E-state index in [0.717, 1.165) is 43.1 Å². The number of aromatic nitrogens is 2. The Bertz CT molecular complexity index is 459. The molecule has 0 spiro atoms. The molecule has 0 bridgehead atoms. The predicted octanol–water partition coefficient (Wildman–Crippen LogP) is 1.28. The molecule has 1 amide bonds. The summed E-state index contributed by atoms with van der Waals surface area (Å²) in [5.41, 5.74) is 0.